The molecule has 0 unspecified atom stereocenters. The van der Waals surface area contributed by atoms with Gasteiger partial charge >= 0.3 is 0 Å². The molecule has 0 aliphatic carbocycles. The number of hydrogen-bond acceptors (Lipinski definition) is 6. The van der Waals surface area contributed by atoms with Crippen molar-refractivity contribution in [2.24, 2.45) is 5.16 Å². The number of oxime groups is 1. The number of piperidine rings is 1. The second-order valence-corrected chi connectivity index (χ2v) is 6.31. The number of benzene rings is 1. The quantitative estimate of drug-likeness (QED) is 0.669. The molecule has 0 radical (unpaired) electrons. The molecular weight excluding hydrogens is 316 g/mol. The second kappa shape index (κ2) is 8.07. The standard InChI is InChI=1S/C19H24N4O2/c1-13-4-6-16(7-5-13)15(3)23-25-19-14(2)18(21-12-22-19)24-17-8-10-20-11-9-17/h4-7,12,17,20H,8-11H2,1-3H3. The third-order valence-electron chi connectivity index (χ3n) is 4.29. The van der Waals surface area contributed by atoms with Crippen molar-refractivity contribution in [2.45, 2.75) is 39.7 Å². The van der Waals surface area contributed by atoms with Gasteiger partial charge in [0.15, 0.2) is 0 Å². The maximum Gasteiger partial charge on any atom is 0.258 e. The summed E-state index contributed by atoms with van der Waals surface area (Å²) in [6.45, 7) is 7.80. The van der Waals surface area contributed by atoms with Crippen LogP contribution in [0.5, 0.6) is 11.8 Å². The average Bonchev–Trinajstić information content (AvgIpc) is 2.63. The fraction of sp³-hybridized carbons (Fsp3) is 0.421. The van der Waals surface area contributed by atoms with E-state index in [1.54, 1.807) is 0 Å². The lowest BCUT2D eigenvalue weighted by Gasteiger charge is -2.23. The van der Waals surface area contributed by atoms with Crippen LogP contribution in [0.4, 0.5) is 0 Å². The molecule has 2 aromatic rings. The minimum atomic E-state index is 0.181. The highest BCUT2D eigenvalue weighted by molar-refractivity contribution is 5.98. The van der Waals surface area contributed by atoms with Gasteiger partial charge in [-0.3, -0.25) is 0 Å². The average molecular weight is 340 g/mol. The van der Waals surface area contributed by atoms with Crippen LogP contribution in [0, 0.1) is 13.8 Å². The zero-order valence-corrected chi connectivity index (χ0v) is 15.0. The Morgan fingerprint density at radius 2 is 1.76 bits per heavy atom. The smallest absolute Gasteiger partial charge is 0.258 e. The molecule has 1 aliphatic heterocycles. The summed E-state index contributed by atoms with van der Waals surface area (Å²) in [6.07, 6.45) is 3.59. The first-order valence-electron chi connectivity index (χ1n) is 8.61. The molecule has 3 rings (SSSR count). The van der Waals surface area contributed by atoms with Crippen LogP contribution in [-0.2, 0) is 0 Å². The van der Waals surface area contributed by atoms with Crippen molar-refractivity contribution in [1.29, 1.82) is 0 Å². The largest absolute Gasteiger partial charge is 0.474 e. The Balaban J connectivity index is 1.70. The summed E-state index contributed by atoms with van der Waals surface area (Å²) >= 11 is 0. The van der Waals surface area contributed by atoms with Crippen molar-refractivity contribution in [3.8, 4) is 11.8 Å². The van der Waals surface area contributed by atoms with Gasteiger partial charge in [0.2, 0.25) is 5.88 Å². The summed E-state index contributed by atoms with van der Waals surface area (Å²) in [5.74, 6) is 0.991. The lowest BCUT2D eigenvalue weighted by atomic mass is 10.1. The molecular formula is C19H24N4O2. The van der Waals surface area contributed by atoms with Gasteiger partial charge in [0.1, 0.15) is 12.4 Å². The van der Waals surface area contributed by atoms with E-state index in [0.717, 1.165) is 42.8 Å². The number of hydrogen-bond donors (Lipinski definition) is 1. The summed E-state index contributed by atoms with van der Waals surface area (Å²) in [5, 5.41) is 7.53. The minimum Gasteiger partial charge on any atom is -0.474 e. The van der Waals surface area contributed by atoms with Crippen LogP contribution in [-0.4, -0.2) is 34.9 Å². The van der Waals surface area contributed by atoms with E-state index in [0.29, 0.717) is 11.8 Å². The van der Waals surface area contributed by atoms with E-state index in [1.165, 1.54) is 11.9 Å². The van der Waals surface area contributed by atoms with E-state index in [-0.39, 0.29) is 6.10 Å². The Hall–Kier alpha value is -2.47. The predicted molar refractivity (Wildman–Crippen MR) is 97.3 cm³/mol. The zero-order chi connectivity index (χ0) is 17.6. The molecule has 1 fully saturated rings. The van der Waals surface area contributed by atoms with Gasteiger partial charge in [-0.25, -0.2) is 4.98 Å². The van der Waals surface area contributed by atoms with Gasteiger partial charge in [-0.2, -0.15) is 4.98 Å². The first-order valence-corrected chi connectivity index (χ1v) is 8.61. The number of rotatable bonds is 5. The molecule has 1 N–H and O–H groups in total. The summed E-state index contributed by atoms with van der Waals surface area (Å²) in [6, 6.07) is 8.15. The highest BCUT2D eigenvalue weighted by atomic mass is 16.6. The molecule has 0 saturated carbocycles. The minimum absolute atomic E-state index is 0.181. The molecule has 1 saturated heterocycles. The summed E-state index contributed by atoms with van der Waals surface area (Å²) < 4.78 is 6.01. The van der Waals surface area contributed by atoms with E-state index < -0.39 is 0 Å². The number of nitrogens with one attached hydrogen (secondary N) is 1. The molecule has 25 heavy (non-hydrogen) atoms. The molecule has 1 aliphatic rings. The van der Waals surface area contributed by atoms with Gasteiger partial charge in [0.05, 0.1) is 11.3 Å². The highest BCUT2D eigenvalue weighted by Gasteiger charge is 2.18. The van der Waals surface area contributed by atoms with Crippen LogP contribution in [0.25, 0.3) is 0 Å². The Labute approximate surface area is 148 Å². The number of ether oxygens (including phenoxy) is 1. The van der Waals surface area contributed by atoms with E-state index in [9.17, 15) is 0 Å². The van der Waals surface area contributed by atoms with Crippen LogP contribution >= 0.6 is 0 Å². The molecule has 0 amide bonds. The summed E-state index contributed by atoms with van der Waals surface area (Å²) in [5.41, 5.74) is 3.78. The van der Waals surface area contributed by atoms with Crippen molar-refractivity contribution in [1.82, 2.24) is 15.3 Å². The number of nitrogens with zero attached hydrogens (tertiary/aromatic N) is 3. The molecule has 132 valence electrons. The normalized spacial score (nSPS) is 15.9. The van der Waals surface area contributed by atoms with Crippen LogP contribution in [0.3, 0.4) is 0 Å². The molecule has 2 heterocycles. The van der Waals surface area contributed by atoms with Gasteiger partial charge < -0.3 is 14.9 Å². The van der Waals surface area contributed by atoms with E-state index in [2.05, 4.69) is 39.5 Å². The van der Waals surface area contributed by atoms with Crippen LogP contribution in [0.1, 0.15) is 36.5 Å². The zero-order valence-electron chi connectivity index (χ0n) is 15.0. The highest BCUT2D eigenvalue weighted by Crippen LogP contribution is 2.25. The predicted octanol–water partition coefficient (Wildman–Crippen LogP) is 3.03. The van der Waals surface area contributed by atoms with Crippen LogP contribution in [0.2, 0.25) is 0 Å². The topological polar surface area (TPSA) is 68.6 Å². The molecule has 6 heteroatoms. The second-order valence-electron chi connectivity index (χ2n) is 6.31. The third kappa shape index (κ3) is 4.54. The lowest BCUT2D eigenvalue weighted by Crippen LogP contribution is -2.34. The number of aromatic nitrogens is 2. The molecule has 0 bridgehead atoms. The van der Waals surface area contributed by atoms with E-state index in [4.69, 9.17) is 9.57 Å². The Bertz CT molecular complexity index is 738. The molecule has 1 aromatic heterocycles. The monoisotopic (exact) mass is 340 g/mol. The van der Waals surface area contributed by atoms with Crippen molar-refractivity contribution in [3.63, 3.8) is 0 Å². The molecule has 1 aromatic carbocycles. The SMILES string of the molecule is CC(=NOc1ncnc(OC2CCNCC2)c1C)c1ccc(C)cc1. The van der Waals surface area contributed by atoms with Gasteiger partial charge in [0.25, 0.3) is 5.88 Å². The number of aryl methyl sites for hydroxylation is 1. The first kappa shape index (κ1) is 17.4. The third-order valence-corrected chi connectivity index (χ3v) is 4.29. The maximum absolute atomic E-state index is 6.01. The van der Waals surface area contributed by atoms with Crippen LogP contribution < -0.4 is 14.9 Å². The fourth-order valence-corrected chi connectivity index (χ4v) is 2.66. The van der Waals surface area contributed by atoms with Crippen molar-refractivity contribution >= 4 is 5.71 Å². The Morgan fingerprint density at radius 3 is 2.48 bits per heavy atom. The van der Waals surface area contributed by atoms with Crippen LogP contribution in [0.15, 0.2) is 35.7 Å². The van der Waals surface area contributed by atoms with Gasteiger partial charge in [-0.05, 0) is 52.3 Å². The van der Waals surface area contributed by atoms with Gasteiger partial charge in [0, 0.05) is 0 Å². The Kier molecular flexibility index (Phi) is 5.60. The molecule has 0 atom stereocenters. The van der Waals surface area contributed by atoms with Gasteiger partial charge in [-0.15, -0.1) is 0 Å². The van der Waals surface area contributed by atoms with Crippen molar-refractivity contribution in [2.75, 3.05) is 13.1 Å². The molecule has 6 nitrogen and oxygen atoms in total. The van der Waals surface area contributed by atoms with Crippen molar-refractivity contribution in [3.05, 3.63) is 47.3 Å². The summed E-state index contributed by atoms with van der Waals surface area (Å²) in [4.78, 5) is 14.0. The summed E-state index contributed by atoms with van der Waals surface area (Å²) in [7, 11) is 0. The van der Waals surface area contributed by atoms with Crippen molar-refractivity contribution < 1.29 is 9.57 Å². The van der Waals surface area contributed by atoms with Gasteiger partial charge in [-0.1, -0.05) is 35.0 Å². The fourth-order valence-electron chi connectivity index (χ4n) is 2.66. The maximum atomic E-state index is 6.01. The molecule has 0 spiro atoms. The lowest BCUT2D eigenvalue weighted by molar-refractivity contribution is 0.153. The van der Waals surface area contributed by atoms with E-state index in [1.807, 2.05) is 26.0 Å². The van der Waals surface area contributed by atoms with E-state index >= 15 is 0 Å². The Morgan fingerprint density at radius 1 is 1.08 bits per heavy atom. The first-order chi connectivity index (χ1) is 12.1.